The number of carbonyl (C=O) groups excluding carboxylic acids is 2. The Morgan fingerprint density at radius 3 is 2.55 bits per heavy atom. The van der Waals surface area contributed by atoms with E-state index in [1.54, 1.807) is 0 Å². The molecule has 0 spiro atoms. The molecule has 0 bridgehead atoms. The number of nitro benzene ring substituents is 1. The predicted molar refractivity (Wildman–Crippen MR) is 99.1 cm³/mol. The van der Waals surface area contributed by atoms with Gasteiger partial charge in [-0.25, -0.2) is 14.4 Å². The van der Waals surface area contributed by atoms with Crippen LogP contribution in [0.4, 0.5) is 15.3 Å². The summed E-state index contributed by atoms with van der Waals surface area (Å²) in [6, 6.07) is 3.98. The highest BCUT2D eigenvalue weighted by Gasteiger charge is 2.37. The number of hydrogen-bond acceptors (Lipinski definition) is 7. The highest BCUT2D eigenvalue weighted by atomic mass is 16.6. The summed E-state index contributed by atoms with van der Waals surface area (Å²) in [5.41, 5.74) is 0.445. The highest BCUT2D eigenvalue weighted by molar-refractivity contribution is 5.81. The number of ether oxygens (including phenoxy) is 2. The second-order valence-corrected chi connectivity index (χ2v) is 6.29. The van der Waals surface area contributed by atoms with Crippen LogP contribution in [0.2, 0.25) is 0 Å². The molecule has 29 heavy (non-hydrogen) atoms. The summed E-state index contributed by atoms with van der Waals surface area (Å²) in [6.07, 6.45) is -0.0732. The fraction of sp³-hybridized carbons (Fsp3) is 0.389. The molecule has 2 rings (SSSR count). The van der Waals surface area contributed by atoms with Crippen LogP contribution in [0.15, 0.2) is 36.9 Å². The Morgan fingerprint density at radius 2 is 1.97 bits per heavy atom. The van der Waals surface area contributed by atoms with Crippen molar-refractivity contribution in [1.82, 2.24) is 10.2 Å². The van der Waals surface area contributed by atoms with E-state index in [4.69, 9.17) is 9.47 Å². The molecule has 156 valence electrons. The number of carbonyl (C=O) groups is 3. The first-order chi connectivity index (χ1) is 13.8. The van der Waals surface area contributed by atoms with E-state index in [1.807, 2.05) is 0 Å². The number of rotatable bonds is 7. The Hall–Kier alpha value is -3.63. The highest BCUT2D eigenvalue weighted by Crippen LogP contribution is 2.20. The summed E-state index contributed by atoms with van der Waals surface area (Å²) >= 11 is 0. The van der Waals surface area contributed by atoms with Gasteiger partial charge in [-0.15, -0.1) is 0 Å². The normalized spacial score (nSPS) is 18.4. The number of hydrogen-bond donors (Lipinski definition) is 2. The smallest absolute Gasteiger partial charge is 0.408 e. The second-order valence-electron chi connectivity index (χ2n) is 6.29. The van der Waals surface area contributed by atoms with E-state index in [-0.39, 0.29) is 31.9 Å². The first-order valence-electron chi connectivity index (χ1n) is 8.75. The molecule has 0 saturated carbocycles. The average Bonchev–Trinajstić information content (AvgIpc) is 2.70. The van der Waals surface area contributed by atoms with Crippen molar-refractivity contribution in [3.63, 3.8) is 0 Å². The first-order valence-corrected chi connectivity index (χ1v) is 8.75. The summed E-state index contributed by atoms with van der Waals surface area (Å²) in [7, 11) is 0. The number of esters is 1. The zero-order valence-corrected chi connectivity index (χ0v) is 15.5. The van der Waals surface area contributed by atoms with Gasteiger partial charge in [0.25, 0.3) is 5.69 Å². The lowest BCUT2D eigenvalue weighted by atomic mass is 9.99. The minimum Gasteiger partial charge on any atom is -0.465 e. The van der Waals surface area contributed by atoms with Crippen LogP contribution >= 0.6 is 0 Å². The minimum absolute atomic E-state index is 0.0266. The zero-order valence-electron chi connectivity index (χ0n) is 15.5. The number of nitrogens with one attached hydrogen (secondary N) is 1. The quantitative estimate of drug-likeness (QED) is 0.302. The van der Waals surface area contributed by atoms with Gasteiger partial charge in [-0.3, -0.25) is 15.0 Å². The second kappa shape index (κ2) is 10.1. The standard InChI is InChI=1S/C18H21N3O8/c1-2-9-28-17(23)19-13-5-8-15(20(10-13)18(24)25)16(22)29-11-12-3-6-14(7-4-12)21(26)27/h2-4,6-7,13,15H,1,5,8-11H2,(H,19,23)(H,24,25). The molecule has 0 aromatic heterocycles. The number of carboxylic acid groups (broad SMARTS) is 1. The minimum atomic E-state index is -1.31. The van der Waals surface area contributed by atoms with Crippen molar-refractivity contribution >= 4 is 23.8 Å². The predicted octanol–water partition coefficient (Wildman–Crippen LogP) is 2.06. The lowest BCUT2D eigenvalue weighted by Gasteiger charge is -2.36. The maximum atomic E-state index is 12.4. The first kappa shape index (κ1) is 21.7. The lowest BCUT2D eigenvalue weighted by Crippen LogP contribution is -2.56. The Morgan fingerprint density at radius 1 is 1.28 bits per heavy atom. The zero-order chi connectivity index (χ0) is 21.4. The molecule has 1 aromatic carbocycles. The van der Waals surface area contributed by atoms with Gasteiger partial charge in [-0.05, 0) is 30.5 Å². The molecule has 2 atom stereocenters. The monoisotopic (exact) mass is 407 g/mol. The molecule has 0 radical (unpaired) electrons. The molecule has 11 heteroatoms. The van der Waals surface area contributed by atoms with Gasteiger partial charge in [0.05, 0.1) is 11.0 Å². The molecule has 2 unspecified atom stereocenters. The van der Waals surface area contributed by atoms with E-state index >= 15 is 0 Å². The molecule has 1 saturated heterocycles. The van der Waals surface area contributed by atoms with Crippen molar-refractivity contribution in [1.29, 1.82) is 0 Å². The van der Waals surface area contributed by atoms with Crippen molar-refractivity contribution in [3.05, 3.63) is 52.6 Å². The van der Waals surface area contributed by atoms with E-state index in [9.17, 15) is 29.6 Å². The average molecular weight is 407 g/mol. The van der Waals surface area contributed by atoms with Crippen LogP contribution in [0, 0.1) is 10.1 Å². The van der Waals surface area contributed by atoms with E-state index in [0.29, 0.717) is 12.0 Å². The van der Waals surface area contributed by atoms with Crippen LogP contribution in [-0.4, -0.2) is 58.3 Å². The molecule has 1 aliphatic rings. The molecular weight excluding hydrogens is 386 g/mol. The molecule has 1 fully saturated rings. The summed E-state index contributed by atoms with van der Waals surface area (Å²) in [6.45, 7) is 3.22. The summed E-state index contributed by atoms with van der Waals surface area (Å²) in [5.74, 6) is -0.724. The Balaban J connectivity index is 1.92. The fourth-order valence-electron chi connectivity index (χ4n) is 2.85. The van der Waals surface area contributed by atoms with Crippen LogP contribution in [0.1, 0.15) is 18.4 Å². The van der Waals surface area contributed by atoms with Crippen molar-refractivity contribution < 1.29 is 33.9 Å². The summed E-state index contributed by atoms with van der Waals surface area (Å²) < 4.78 is 9.99. The Labute approximate surface area is 166 Å². The molecule has 1 aromatic rings. The van der Waals surface area contributed by atoms with Crippen LogP contribution in [0.5, 0.6) is 0 Å². The van der Waals surface area contributed by atoms with Gasteiger partial charge in [0, 0.05) is 18.7 Å². The molecule has 1 heterocycles. The fourth-order valence-corrected chi connectivity index (χ4v) is 2.85. The number of non-ortho nitro benzene ring substituents is 1. The number of nitro groups is 1. The Bertz CT molecular complexity index is 780. The maximum absolute atomic E-state index is 12.4. The molecule has 2 N–H and O–H groups in total. The topological polar surface area (TPSA) is 148 Å². The van der Waals surface area contributed by atoms with Crippen LogP contribution < -0.4 is 5.32 Å². The molecular formula is C18H21N3O8. The number of likely N-dealkylation sites (tertiary alicyclic amines) is 1. The molecule has 2 amide bonds. The third-order valence-corrected chi connectivity index (χ3v) is 4.28. The lowest BCUT2D eigenvalue weighted by molar-refractivity contribution is -0.384. The number of nitrogens with zero attached hydrogens (tertiary/aromatic N) is 2. The van der Waals surface area contributed by atoms with Gasteiger partial charge < -0.3 is 19.9 Å². The van der Waals surface area contributed by atoms with E-state index in [0.717, 1.165) is 4.90 Å². The largest absolute Gasteiger partial charge is 0.465 e. The van der Waals surface area contributed by atoms with E-state index in [2.05, 4.69) is 11.9 Å². The van der Waals surface area contributed by atoms with Gasteiger partial charge in [-0.2, -0.15) is 0 Å². The number of amides is 2. The van der Waals surface area contributed by atoms with Gasteiger partial charge in [0.2, 0.25) is 0 Å². The van der Waals surface area contributed by atoms with Gasteiger partial charge in [0.15, 0.2) is 0 Å². The van der Waals surface area contributed by atoms with Crippen molar-refractivity contribution in [2.45, 2.75) is 31.5 Å². The molecule has 1 aliphatic heterocycles. The van der Waals surface area contributed by atoms with E-state index < -0.39 is 35.2 Å². The van der Waals surface area contributed by atoms with Gasteiger partial charge >= 0.3 is 18.2 Å². The third kappa shape index (κ3) is 6.19. The van der Waals surface area contributed by atoms with E-state index in [1.165, 1.54) is 30.3 Å². The van der Waals surface area contributed by atoms with Crippen molar-refractivity contribution in [2.75, 3.05) is 13.2 Å². The molecule has 11 nitrogen and oxygen atoms in total. The Kier molecular flexibility index (Phi) is 7.52. The summed E-state index contributed by atoms with van der Waals surface area (Å²) in [5, 5.41) is 22.6. The van der Waals surface area contributed by atoms with Crippen LogP contribution in [-0.2, 0) is 20.9 Å². The maximum Gasteiger partial charge on any atom is 0.408 e. The van der Waals surface area contributed by atoms with Gasteiger partial charge in [0.1, 0.15) is 19.3 Å². The third-order valence-electron chi connectivity index (χ3n) is 4.28. The number of benzene rings is 1. The molecule has 0 aliphatic carbocycles. The summed E-state index contributed by atoms with van der Waals surface area (Å²) in [4.78, 5) is 46.6. The van der Waals surface area contributed by atoms with Crippen molar-refractivity contribution in [3.8, 4) is 0 Å². The van der Waals surface area contributed by atoms with Crippen LogP contribution in [0.3, 0.4) is 0 Å². The van der Waals surface area contributed by atoms with Crippen LogP contribution in [0.25, 0.3) is 0 Å². The van der Waals surface area contributed by atoms with Crippen molar-refractivity contribution in [2.24, 2.45) is 0 Å². The SMILES string of the molecule is C=CCOC(=O)NC1CCC(C(=O)OCc2ccc([N+](=O)[O-])cc2)N(C(=O)O)C1. The van der Waals surface area contributed by atoms with Gasteiger partial charge in [-0.1, -0.05) is 12.7 Å². The number of piperidine rings is 1. The number of alkyl carbamates (subject to hydrolysis) is 1.